The van der Waals surface area contributed by atoms with Crippen molar-refractivity contribution in [1.29, 1.82) is 0 Å². The first-order chi connectivity index (χ1) is 9.78. The molecule has 1 heterocycles. The van der Waals surface area contributed by atoms with Crippen LogP contribution in [0.3, 0.4) is 0 Å². The van der Waals surface area contributed by atoms with Crippen LogP contribution in [-0.2, 0) is 11.3 Å². The van der Waals surface area contributed by atoms with E-state index in [0.717, 1.165) is 37.5 Å². The molecule has 0 atom stereocenters. The third-order valence-electron chi connectivity index (χ3n) is 4.27. The van der Waals surface area contributed by atoms with Gasteiger partial charge >= 0.3 is 0 Å². The van der Waals surface area contributed by atoms with Crippen LogP contribution in [0, 0.1) is 11.8 Å². The van der Waals surface area contributed by atoms with Crippen molar-refractivity contribution in [2.75, 3.05) is 0 Å². The van der Waals surface area contributed by atoms with E-state index in [4.69, 9.17) is 0 Å². The standard InChI is InChI=1S/C16H18N2O2/c19-10-13-7-5-12(6-8-13)9-18-11-17-15-4-2-1-3-14(15)16(18)20/h1-4,10-13H,5-9H2. The number of carbonyl (C=O) groups is 1. The lowest BCUT2D eigenvalue weighted by Gasteiger charge is -2.25. The molecule has 104 valence electrons. The Labute approximate surface area is 117 Å². The fourth-order valence-electron chi connectivity index (χ4n) is 3.02. The van der Waals surface area contributed by atoms with Gasteiger partial charge in [-0.15, -0.1) is 0 Å². The van der Waals surface area contributed by atoms with Gasteiger partial charge in [0.2, 0.25) is 0 Å². The molecule has 1 aromatic heterocycles. The quantitative estimate of drug-likeness (QED) is 0.805. The molecule has 1 aliphatic rings. The monoisotopic (exact) mass is 270 g/mol. The zero-order valence-electron chi connectivity index (χ0n) is 11.4. The minimum Gasteiger partial charge on any atom is -0.303 e. The van der Waals surface area contributed by atoms with Crippen LogP contribution >= 0.6 is 0 Å². The molecule has 0 N–H and O–H groups in total. The van der Waals surface area contributed by atoms with Crippen molar-refractivity contribution in [2.24, 2.45) is 11.8 Å². The second-order valence-electron chi connectivity index (χ2n) is 5.64. The number of hydrogen-bond acceptors (Lipinski definition) is 3. The van der Waals surface area contributed by atoms with Crippen LogP contribution < -0.4 is 5.56 Å². The van der Waals surface area contributed by atoms with E-state index in [1.807, 2.05) is 24.3 Å². The van der Waals surface area contributed by atoms with Crippen molar-refractivity contribution in [1.82, 2.24) is 9.55 Å². The van der Waals surface area contributed by atoms with Crippen molar-refractivity contribution in [3.05, 3.63) is 40.9 Å². The van der Waals surface area contributed by atoms with E-state index in [0.29, 0.717) is 17.8 Å². The van der Waals surface area contributed by atoms with Crippen molar-refractivity contribution in [3.63, 3.8) is 0 Å². The van der Waals surface area contributed by atoms with Crippen molar-refractivity contribution in [3.8, 4) is 0 Å². The van der Waals surface area contributed by atoms with Crippen LogP contribution in [0.25, 0.3) is 10.9 Å². The average Bonchev–Trinajstić information content (AvgIpc) is 2.51. The second kappa shape index (κ2) is 5.57. The van der Waals surface area contributed by atoms with E-state index in [-0.39, 0.29) is 11.5 Å². The van der Waals surface area contributed by atoms with Gasteiger partial charge in [-0.3, -0.25) is 9.36 Å². The first-order valence-electron chi connectivity index (χ1n) is 7.17. The summed E-state index contributed by atoms with van der Waals surface area (Å²) in [5, 5.41) is 0.677. The molecule has 20 heavy (non-hydrogen) atoms. The number of nitrogens with zero attached hydrogens (tertiary/aromatic N) is 2. The van der Waals surface area contributed by atoms with Crippen molar-refractivity contribution in [2.45, 2.75) is 32.2 Å². The van der Waals surface area contributed by atoms with E-state index >= 15 is 0 Å². The number of benzene rings is 1. The highest BCUT2D eigenvalue weighted by molar-refractivity contribution is 5.76. The van der Waals surface area contributed by atoms with Gasteiger partial charge in [-0.1, -0.05) is 12.1 Å². The zero-order valence-corrected chi connectivity index (χ0v) is 11.4. The van der Waals surface area contributed by atoms with Crippen LogP contribution in [0.15, 0.2) is 35.4 Å². The topological polar surface area (TPSA) is 52.0 Å². The Morgan fingerprint density at radius 3 is 2.70 bits per heavy atom. The summed E-state index contributed by atoms with van der Waals surface area (Å²) < 4.78 is 1.72. The first kappa shape index (κ1) is 13.0. The number of aldehydes is 1. The first-order valence-corrected chi connectivity index (χ1v) is 7.17. The Balaban J connectivity index is 1.80. The van der Waals surface area contributed by atoms with Crippen LogP contribution in [0.1, 0.15) is 25.7 Å². The summed E-state index contributed by atoms with van der Waals surface area (Å²) in [5.41, 5.74) is 0.784. The number of para-hydroxylation sites is 1. The lowest BCUT2D eigenvalue weighted by atomic mass is 9.83. The zero-order chi connectivity index (χ0) is 13.9. The molecule has 2 aromatic rings. The van der Waals surface area contributed by atoms with Crippen molar-refractivity contribution < 1.29 is 4.79 Å². The van der Waals surface area contributed by atoms with Crippen molar-refractivity contribution >= 4 is 17.2 Å². The Bertz CT molecular complexity index is 669. The Morgan fingerprint density at radius 2 is 1.95 bits per heavy atom. The predicted octanol–water partition coefficient (Wildman–Crippen LogP) is 2.40. The maximum atomic E-state index is 12.4. The summed E-state index contributed by atoms with van der Waals surface area (Å²) in [6.45, 7) is 0.711. The molecule has 1 aliphatic carbocycles. The summed E-state index contributed by atoms with van der Waals surface area (Å²) in [6.07, 6.45) is 6.65. The fourth-order valence-corrected chi connectivity index (χ4v) is 3.02. The Hall–Kier alpha value is -1.97. The van der Waals surface area contributed by atoms with Gasteiger partial charge in [0, 0.05) is 12.5 Å². The molecule has 0 bridgehead atoms. The van der Waals surface area contributed by atoms with Crippen LogP contribution in [0.4, 0.5) is 0 Å². The van der Waals surface area contributed by atoms with E-state index in [9.17, 15) is 9.59 Å². The molecule has 0 radical (unpaired) electrons. The molecule has 0 aliphatic heterocycles. The Kier molecular flexibility index (Phi) is 3.63. The van der Waals surface area contributed by atoms with E-state index in [1.165, 1.54) is 0 Å². The summed E-state index contributed by atoms with van der Waals surface area (Å²) in [6, 6.07) is 7.44. The third kappa shape index (κ3) is 2.50. The van der Waals surface area contributed by atoms with Gasteiger partial charge in [0.1, 0.15) is 6.29 Å². The molecule has 1 aromatic carbocycles. The summed E-state index contributed by atoms with van der Waals surface area (Å²) in [5.74, 6) is 0.699. The molecule has 1 saturated carbocycles. The highest BCUT2D eigenvalue weighted by atomic mass is 16.1. The van der Waals surface area contributed by atoms with E-state index in [2.05, 4.69) is 4.98 Å². The molecule has 1 fully saturated rings. The number of fused-ring (bicyclic) bond motifs is 1. The van der Waals surface area contributed by atoms with Gasteiger partial charge in [-0.2, -0.15) is 0 Å². The molecular formula is C16H18N2O2. The summed E-state index contributed by atoms with van der Waals surface area (Å²) in [4.78, 5) is 27.5. The molecule has 0 amide bonds. The van der Waals surface area contributed by atoms with E-state index < -0.39 is 0 Å². The number of hydrogen-bond donors (Lipinski definition) is 0. The number of rotatable bonds is 3. The minimum absolute atomic E-state index is 0.0353. The minimum atomic E-state index is 0.0353. The molecule has 0 saturated heterocycles. The highest BCUT2D eigenvalue weighted by Gasteiger charge is 2.21. The highest BCUT2D eigenvalue weighted by Crippen LogP contribution is 2.28. The van der Waals surface area contributed by atoms with Gasteiger partial charge < -0.3 is 4.79 Å². The van der Waals surface area contributed by atoms with Crippen LogP contribution in [-0.4, -0.2) is 15.8 Å². The third-order valence-corrected chi connectivity index (χ3v) is 4.27. The SMILES string of the molecule is O=CC1CCC(Cn2cnc3ccccc3c2=O)CC1. The molecule has 0 spiro atoms. The predicted molar refractivity (Wildman–Crippen MR) is 77.5 cm³/mol. The fraction of sp³-hybridized carbons (Fsp3) is 0.438. The number of aromatic nitrogens is 2. The smallest absolute Gasteiger partial charge is 0.261 e. The maximum Gasteiger partial charge on any atom is 0.261 e. The van der Waals surface area contributed by atoms with Gasteiger partial charge in [0.15, 0.2) is 0 Å². The van der Waals surface area contributed by atoms with Gasteiger partial charge in [-0.05, 0) is 43.7 Å². The van der Waals surface area contributed by atoms with Crippen LogP contribution in [0.5, 0.6) is 0 Å². The Morgan fingerprint density at radius 1 is 1.20 bits per heavy atom. The summed E-state index contributed by atoms with van der Waals surface area (Å²) >= 11 is 0. The van der Waals surface area contributed by atoms with Gasteiger partial charge in [-0.25, -0.2) is 4.98 Å². The largest absolute Gasteiger partial charge is 0.303 e. The van der Waals surface area contributed by atoms with Gasteiger partial charge in [0.25, 0.3) is 5.56 Å². The maximum absolute atomic E-state index is 12.4. The van der Waals surface area contributed by atoms with Crippen LogP contribution in [0.2, 0.25) is 0 Å². The summed E-state index contributed by atoms with van der Waals surface area (Å²) in [7, 11) is 0. The second-order valence-corrected chi connectivity index (χ2v) is 5.64. The molecule has 0 unspecified atom stereocenters. The average molecular weight is 270 g/mol. The normalized spacial score (nSPS) is 22.8. The van der Waals surface area contributed by atoms with E-state index in [1.54, 1.807) is 10.9 Å². The van der Waals surface area contributed by atoms with Gasteiger partial charge in [0.05, 0.1) is 17.2 Å². The molecule has 4 nitrogen and oxygen atoms in total. The molecule has 4 heteroatoms. The molecule has 3 rings (SSSR count). The lowest BCUT2D eigenvalue weighted by molar-refractivity contribution is -0.112. The lowest BCUT2D eigenvalue weighted by Crippen LogP contribution is -2.27. The molecular weight excluding hydrogens is 252 g/mol. The number of carbonyl (C=O) groups excluding carboxylic acids is 1.